The van der Waals surface area contributed by atoms with Gasteiger partial charge in [-0.15, -0.1) is 0 Å². The maximum atomic E-state index is 6.61. The van der Waals surface area contributed by atoms with E-state index >= 15 is 0 Å². The van der Waals surface area contributed by atoms with E-state index in [2.05, 4.69) is 111 Å². The Balaban J connectivity index is 0.000000305. The van der Waals surface area contributed by atoms with Gasteiger partial charge in [0.05, 0.1) is 39.1 Å². The zero-order valence-electron chi connectivity index (χ0n) is 28.4. The van der Waals surface area contributed by atoms with E-state index < -0.39 is 0 Å². The molecule has 6 aromatic rings. The highest BCUT2D eigenvalue weighted by atomic mass is 127. The molecule has 0 saturated heterocycles. The number of rotatable bonds is 6. The summed E-state index contributed by atoms with van der Waals surface area (Å²) in [4.78, 5) is 0. The molecule has 7 nitrogen and oxygen atoms in total. The quantitative estimate of drug-likeness (QED) is 0.154. The second kappa shape index (κ2) is 16.6. The summed E-state index contributed by atoms with van der Waals surface area (Å²) in [6.45, 7) is 0. The fourth-order valence-corrected chi connectivity index (χ4v) is 7.90. The average molecular weight is 885 g/mol. The first-order valence-corrected chi connectivity index (χ1v) is 17.5. The minimum atomic E-state index is -0.131. The number of benzene rings is 6. The molecular weight excluding hydrogens is 846 g/mol. The molecule has 9 heteroatoms. The Labute approximate surface area is 314 Å². The number of hydrogen-bond donors (Lipinski definition) is 0. The van der Waals surface area contributed by atoms with Crippen molar-refractivity contribution < 1.29 is 33.2 Å². The molecule has 0 saturated carbocycles. The first-order valence-electron chi connectivity index (χ1n) is 15.3. The molecule has 1 unspecified atom stereocenters. The van der Waals surface area contributed by atoms with Crippen molar-refractivity contribution in [1.82, 2.24) is 0 Å². The largest absolute Gasteiger partial charge is 0.497 e. The molecule has 1 heterocycles. The van der Waals surface area contributed by atoms with Crippen LogP contribution in [0.25, 0.3) is 21.5 Å². The van der Waals surface area contributed by atoms with Gasteiger partial charge in [0.1, 0.15) is 40.2 Å². The van der Waals surface area contributed by atoms with E-state index in [4.69, 9.17) is 28.4 Å². The molecule has 0 fully saturated rings. The summed E-state index contributed by atoms with van der Waals surface area (Å²) >= 11 is 4.76. The molecule has 0 N–H and O–H groups in total. The number of ether oxygens (including phenoxy) is 7. The Hall–Kier alpha value is -3.94. The van der Waals surface area contributed by atoms with Crippen LogP contribution in [0, 0.1) is 7.14 Å². The lowest BCUT2D eigenvalue weighted by molar-refractivity contribution is 0.277. The van der Waals surface area contributed by atoms with Crippen molar-refractivity contribution in [3.05, 3.63) is 121 Å². The van der Waals surface area contributed by atoms with Crippen LogP contribution in [0.1, 0.15) is 22.6 Å². The number of methoxy groups -OCH3 is 6. The standard InChI is InChI=1S/C30H22I2O4.C8H10O2.C2H6O/c1-33-19-8-4-16-6-10-25(35-3)27(21(16)14-19)29-23-12-18(31)13-24(32)30(23)36-26-11-7-17-5-9-20(34-2)15-22(17)28(26)29;1-9-7-3-5-8(10-2)6-4-7;1-3-2/h4-15,29H,1-3H3;3-6H,1-2H3;1-2H3. The van der Waals surface area contributed by atoms with Crippen LogP contribution in [-0.4, -0.2) is 49.8 Å². The van der Waals surface area contributed by atoms with Crippen LogP contribution in [0.2, 0.25) is 0 Å². The molecule has 1 aliphatic rings. The van der Waals surface area contributed by atoms with Crippen molar-refractivity contribution in [1.29, 1.82) is 0 Å². The first-order chi connectivity index (χ1) is 23.8. The number of fused-ring (bicyclic) bond motifs is 5. The van der Waals surface area contributed by atoms with Gasteiger partial charge in [0.2, 0.25) is 0 Å². The highest BCUT2D eigenvalue weighted by molar-refractivity contribution is 14.1. The van der Waals surface area contributed by atoms with Crippen molar-refractivity contribution in [2.45, 2.75) is 5.92 Å². The van der Waals surface area contributed by atoms with Gasteiger partial charge in [0.15, 0.2) is 0 Å². The molecule has 0 radical (unpaired) electrons. The smallest absolute Gasteiger partial charge is 0.144 e. The molecule has 254 valence electrons. The van der Waals surface area contributed by atoms with E-state index in [1.807, 2.05) is 36.4 Å². The van der Waals surface area contributed by atoms with E-state index in [0.29, 0.717) is 0 Å². The van der Waals surface area contributed by atoms with Gasteiger partial charge in [-0.3, -0.25) is 0 Å². The van der Waals surface area contributed by atoms with Crippen LogP contribution < -0.4 is 28.4 Å². The Morgan fingerprint density at radius 2 is 0.980 bits per heavy atom. The predicted octanol–water partition coefficient (Wildman–Crippen LogP) is 10.5. The van der Waals surface area contributed by atoms with Crippen molar-refractivity contribution in [3.8, 4) is 40.2 Å². The Bertz CT molecular complexity index is 2030. The molecule has 6 aromatic carbocycles. The third-order valence-corrected chi connectivity index (χ3v) is 9.54. The number of halogens is 2. The van der Waals surface area contributed by atoms with Crippen LogP contribution in [-0.2, 0) is 4.74 Å². The van der Waals surface area contributed by atoms with Crippen molar-refractivity contribution in [2.75, 3.05) is 49.8 Å². The van der Waals surface area contributed by atoms with Gasteiger partial charge in [0, 0.05) is 40.4 Å². The molecule has 0 bridgehead atoms. The Morgan fingerprint density at radius 1 is 0.510 bits per heavy atom. The highest BCUT2D eigenvalue weighted by Crippen LogP contribution is 2.55. The fourth-order valence-electron chi connectivity index (χ4n) is 5.90. The monoisotopic (exact) mass is 884 g/mol. The minimum absolute atomic E-state index is 0.131. The maximum Gasteiger partial charge on any atom is 0.144 e. The topological polar surface area (TPSA) is 64.6 Å². The van der Waals surface area contributed by atoms with Gasteiger partial charge in [0.25, 0.3) is 0 Å². The molecule has 49 heavy (non-hydrogen) atoms. The Kier molecular flexibility index (Phi) is 12.3. The lowest BCUT2D eigenvalue weighted by Crippen LogP contribution is -2.15. The molecule has 0 spiro atoms. The van der Waals surface area contributed by atoms with Crippen LogP contribution in [0.4, 0.5) is 0 Å². The van der Waals surface area contributed by atoms with Gasteiger partial charge in [-0.05, 0) is 140 Å². The second-order valence-electron chi connectivity index (χ2n) is 11.0. The van der Waals surface area contributed by atoms with Crippen molar-refractivity contribution in [3.63, 3.8) is 0 Å². The normalized spacial score (nSPS) is 12.6. The first kappa shape index (κ1) is 36.3. The van der Waals surface area contributed by atoms with E-state index in [9.17, 15) is 0 Å². The fraction of sp³-hybridized carbons (Fsp3) is 0.200. The summed E-state index contributed by atoms with van der Waals surface area (Å²) in [6.07, 6.45) is 0. The van der Waals surface area contributed by atoms with Gasteiger partial charge in [-0.2, -0.15) is 0 Å². The molecule has 1 aliphatic heterocycles. The SMILES string of the molecule is COC.COc1ccc(OC)cc1.COc1ccc2ccc(OC)c(C3c4cc(I)cc(I)c4Oc4ccc5ccc(OC)cc5c43)c2c1. The zero-order valence-corrected chi connectivity index (χ0v) is 32.7. The van der Waals surface area contributed by atoms with Gasteiger partial charge < -0.3 is 33.2 Å². The van der Waals surface area contributed by atoms with Crippen LogP contribution in [0.3, 0.4) is 0 Å². The summed E-state index contributed by atoms with van der Waals surface area (Å²) in [7, 11) is 11.7. The van der Waals surface area contributed by atoms with E-state index in [0.717, 1.165) is 85.6 Å². The Morgan fingerprint density at radius 3 is 1.49 bits per heavy atom. The van der Waals surface area contributed by atoms with Crippen molar-refractivity contribution in [2.24, 2.45) is 0 Å². The summed E-state index contributed by atoms with van der Waals surface area (Å²) in [5.41, 5.74) is 3.31. The average Bonchev–Trinajstić information content (AvgIpc) is 3.13. The summed E-state index contributed by atoms with van der Waals surface area (Å²) in [5, 5.41) is 4.44. The van der Waals surface area contributed by atoms with Crippen LogP contribution >= 0.6 is 45.2 Å². The van der Waals surface area contributed by atoms with Gasteiger partial charge in [-0.25, -0.2) is 0 Å². The summed E-state index contributed by atoms with van der Waals surface area (Å²) in [5.74, 6) is 5.74. The third kappa shape index (κ3) is 7.79. The third-order valence-electron chi connectivity index (χ3n) is 8.11. The van der Waals surface area contributed by atoms with E-state index in [-0.39, 0.29) is 5.92 Å². The van der Waals surface area contributed by atoms with E-state index in [1.165, 1.54) is 0 Å². The molecule has 1 atom stereocenters. The molecule has 0 aliphatic carbocycles. The van der Waals surface area contributed by atoms with E-state index in [1.54, 1.807) is 49.8 Å². The molecular formula is C40H38I2O7. The lowest BCUT2D eigenvalue weighted by Gasteiger charge is -2.32. The maximum absolute atomic E-state index is 6.61. The lowest BCUT2D eigenvalue weighted by atomic mass is 9.78. The predicted molar refractivity (Wildman–Crippen MR) is 213 cm³/mol. The zero-order chi connectivity index (χ0) is 35.1. The minimum Gasteiger partial charge on any atom is -0.497 e. The summed E-state index contributed by atoms with van der Waals surface area (Å²) in [6, 6.07) is 32.6. The molecule has 7 rings (SSSR count). The summed E-state index contributed by atoms with van der Waals surface area (Å²) < 4.78 is 40.3. The van der Waals surface area contributed by atoms with Gasteiger partial charge >= 0.3 is 0 Å². The van der Waals surface area contributed by atoms with Crippen LogP contribution in [0.5, 0.6) is 40.2 Å². The second-order valence-corrected chi connectivity index (χ2v) is 13.4. The van der Waals surface area contributed by atoms with Gasteiger partial charge in [-0.1, -0.05) is 24.3 Å². The highest BCUT2D eigenvalue weighted by Gasteiger charge is 2.35. The van der Waals surface area contributed by atoms with Crippen molar-refractivity contribution >= 4 is 66.7 Å². The van der Waals surface area contributed by atoms with Crippen LogP contribution in [0.15, 0.2) is 97.1 Å². The number of hydrogen-bond acceptors (Lipinski definition) is 7. The molecule has 0 aromatic heterocycles. The molecule has 0 amide bonds.